The van der Waals surface area contributed by atoms with Crippen molar-refractivity contribution in [3.8, 4) is 0 Å². The summed E-state index contributed by atoms with van der Waals surface area (Å²) in [4.78, 5) is 42.4. The smallest absolute Gasteiger partial charge is 0.368 e. The number of esters is 2. The van der Waals surface area contributed by atoms with E-state index >= 15 is 0 Å². The first-order valence-corrected chi connectivity index (χ1v) is 6.53. The molecule has 0 amide bonds. The van der Waals surface area contributed by atoms with E-state index in [-0.39, 0.29) is 0 Å². The van der Waals surface area contributed by atoms with Gasteiger partial charge in [0.15, 0.2) is 0 Å². The lowest BCUT2D eigenvalue weighted by Crippen LogP contribution is -2.64. The van der Waals surface area contributed by atoms with Crippen LogP contribution in [0.2, 0.25) is 0 Å². The fraction of sp³-hybridized carbons (Fsp3) is 0.778. The molecule has 19 heavy (non-hydrogen) atoms. The molecule has 0 aromatic heterocycles. The van der Waals surface area contributed by atoms with Crippen molar-refractivity contribution < 1.29 is 42.9 Å². The summed E-state index contributed by atoms with van der Waals surface area (Å²) >= 11 is 0. The van der Waals surface area contributed by atoms with E-state index in [1.807, 2.05) is 0 Å². The van der Waals surface area contributed by atoms with Crippen molar-refractivity contribution in [2.24, 2.45) is 0 Å². The number of hydrogen-bond donors (Lipinski definition) is 2. The summed E-state index contributed by atoms with van der Waals surface area (Å²) in [5.74, 6) is -5.31. The molecule has 0 aliphatic heterocycles. The second-order valence-electron chi connectivity index (χ2n) is 3.62. The van der Waals surface area contributed by atoms with Crippen LogP contribution in [-0.2, 0) is 33.1 Å². The van der Waals surface area contributed by atoms with Crippen LogP contribution in [0.5, 0.6) is 0 Å². The van der Waals surface area contributed by atoms with Crippen molar-refractivity contribution in [3.63, 3.8) is 0 Å². The number of carbonyl (C=O) groups excluding carboxylic acids is 2. The number of hydrogen-bond acceptors (Lipinski definition) is 7. The zero-order chi connectivity index (χ0) is 15.5. The summed E-state index contributed by atoms with van der Waals surface area (Å²) in [6.07, 6.45) is 0. The van der Waals surface area contributed by atoms with E-state index in [9.17, 15) is 23.9 Å². The first-order chi connectivity index (χ1) is 8.58. The molecular formula is C9H17O9P. The Morgan fingerprint density at radius 1 is 0.947 bits per heavy atom. The van der Waals surface area contributed by atoms with E-state index < -0.39 is 30.5 Å². The first-order valence-electron chi connectivity index (χ1n) is 4.91. The van der Waals surface area contributed by atoms with Gasteiger partial charge < -0.3 is 28.7 Å². The predicted molar refractivity (Wildman–Crippen MR) is 61.2 cm³/mol. The van der Waals surface area contributed by atoms with Gasteiger partial charge in [0.1, 0.15) is 0 Å². The van der Waals surface area contributed by atoms with Gasteiger partial charge in [0, 0.05) is 14.2 Å². The molecule has 0 bridgehead atoms. The third kappa shape index (κ3) is 2.52. The van der Waals surface area contributed by atoms with Crippen molar-refractivity contribution >= 4 is 19.5 Å². The van der Waals surface area contributed by atoms with Crippen LogP contribution in [0, 0.1) is 0 Å². The molecule has 0 aromatic rings. The van der Waals surface area contributed by atoms with E-state index in [0.717, 1.165) is 35.4 Å². The Morgan fingerprint density at radius 3 is 1.53 bits per heavy atom. The maximum absolute atomic E-state index is 11.8. The van der Waals surface area contributed by atoms with E-state index in [0.29, 0.717) is 0 Å². The molecule has 0 saturated heterocycles. The van der Waals surface area contributed by atoms with Crippen LogP contribution in [0.15, 0.2) is 0 Å². The van der Waals surface area contributed by atoms with Crippen molar-refractivity contribution in [1.82, 2.24) is 0 Å². The van der Waals surface area contributed by atoms with Crippen LogP contribution in [0.25, 0.3) is 0 Å². The van der Waals surface area contributed by atoms with Crippen molar-refractivity contribution in [3.05, 3.63) is 0 Å². The van der Waals surface area contributed by atoms with Crippen LogP contribution < -0.4 is 0 Å². The van der Waals surface area contributed by atoms with Gasteiger partial charge in [0.25, 0.3) is 5.79 Å². The van der Waals surface area contributed by atoms with E-state index in [1.165, 1.54) is 0 Å². The van der Waals surface area contributed by atoms with Crippen LogP contribution in [-0.4, -0.2) is 61.1 Å². The van der Waals surface area contributed by atoms with E-state index in [4.69, 9.17) is 9.47 Å². The zero-order valence-corrected chi connectivity index (χ0v) is 12.1. The van der Waals surface area contributed by atoms with Crippen molar-refractivity contribution in [1.29, 1.82) is 0 Å². The summed E-state index contributed by atoms with van der Waals surface area (Å²) < 4.78 is 29.9. The second-order valence-corrected chi connectivity index (χ2v) is 5.61. The number of ether oxygens (including phenoxy) is 4. The Balaban J connectivity index is 6.31. The quantitative estimate of drug-likeness (QED) is 0.370. The average Bonchev–Trinajstić information content (AvgIpc) is 2.37. The molecule has 0 fully saturated rings. The van der Waals surface area contributed by atoms with Gasteiger partial charge >= 0.3 is 19.5 Å². The van der Waals surface area contributed by atoms with Crippen LogP contribution in [0.3, 0.4) is 0 Å². The third-order valence-corrected chi connectivity index (χ3v) is 4.48. The van der Waals surface area contributed by atoms with Gasteiger partial charge in [-0.2, -0.15) is 0 Å². The third-order valence-electron chi connectivity index (χ3n) is 2.84. The largest absolute Gasteiger partial charge is 0.468 e. The average molecular weight is 300 g/mol. The molecule has 112 valence electrons. The van der Waals surface area contributed by atoms with E-state index in [1.54, 1.807) is 0 Å². The highest BCUT2D eigenvalue weighted by molar-refractivity contribution is 7.55. The lowest BCUT2D eigenvalue weighted by atomic mass is 9.99. The molecule has 0 spiro atoms. The molecular weight excluding hydrogens is 283 g/mol. The van der Waals surface area contributed by atoms with Gasteiger partial charge in [-0.15, -0.1) is 0 Å². The first kappa shape index (κ1) is 18.0. The van der Waals surface area contributed by atoms with Crippen LogP contribution >= 0.6 is 7.60 Å². The Kier molecular flexibility index (Phi) is 5.66. The zero-order valence-electron chi connectivity index (χ0n) is 11.2. The fourth-order valence-corrected chi connectivity index (χ4v) is 2.61. The lowest BCUT2D eigenvalue weighted by Gasteiger charge is -2.40. The Hall–Kier alpha value is -0.990. The molecule has 0 saturated carbocycles. The SMILES string of the molecule is COC(=O)C(OC)(OC)C(C)(C(=O)OC)P(=O)(O)O. The number of carbonyl (C=O) groups is 2. The van der Waals surface area contributed by atoms with Crippen LogP contribution in [0.1, 0.15) is 6.92 Å². The maximum atomic E-state index is 11.8. The molecule has 0 aliphatic rings. The molecule has 0 heterocycles. The van der Waals surface area contributed by atoms with Gasteiger partial charge in [0.05, 0.1) is 14.2 Å². The normalized spacial score (nSPS) is 15.5. The monoisotopic (exact) mass is 300 g/mol. The maximum Gasteiger partial charge on any atom is 0.368 e. The standard InChI is InChI=1S/C9H17O9P/c1-8(6(10)15-2,19(12,13)14)9(17-4,18-5)7(11)16-3/h1-5H3,(H2,12,13,14). The fourth-order valence-electron chi connectivity index (χ4n) is 1.62. The van der Waals surface area contributed by atoms with Gasteiger partial charge in [0.2, 0.25) is 5.16 Å². The molecule has 0 rings (SSSR count). The Morgan fingerprint density at radius 2 is 1.32 bits per heavy atom. The van der Waals surface area contributed by atoms with Crippen LogP contribution in [0.4, 0.5) is 0 Å². The van der Waals surface area contributed by atoms with Gasteiger partial charge in [-0.3, -0.25) is 9.36 Å². The minimum atomic E-state index is -5.21. The van der Waals surface area contributed by atoms with Crippen molar-refractivity contribution in [2.45, 2.75) is 17.9 Å². The molecule has 0 aromatic carbocycles. The topological polar surface area (TPSA) is 129 Å². The number of methoxy groups -OCH3 is 4. The molecule has 0 radical (unpaired) electrons. The molecule has 1 atom stereocenters. The summed E-state index contributed by atoms with van der Waals surface area (Å²) in [6, 6.07) is 0. The summed E-state index contributed by atoms with van der Waals surface area (Å²) in [7, 11) is -1.47. The molecule has 2 N–H and O–H groups in total. The minimum Gasteiger partial charge on any atom is -0.468 e. The summed E-state index contributed by atoms with van der Waals surface area (Å²) in [5, 5.41) is -2.73. The Bertz CT molecular complexity index is 396. The summed E-state index contributed by atoms with van der Waals surface area (Å²) in [5.41, 5.74) is 0. The summed E-state index contributed by atoms with van der Waals surface area (Å²) in [6.45, 7) is 0.795. The Labute approximate surface area is 109 Å². The van der Waals surface area contributed by atoms with Gasteiger partial charge in [-0.25, -0.2) is 4.79 Å². The molecule has 1 unspecified atom stereocenters. The van der Waals surface area contributed by atoms with Gasteiger partial charge in [-0.1, -0.05) is 0 Å². The highest BCUT2D eigenvalue weighted by Gasteiger charge is 2.71. The second kappa shape index (κ2) is 5.98. The molecule has 0 aliphatic carbocycles. The highest BCUT2D eigenvalue weighted by atomic mass is 31.2. The van der Waals surface area contributed by atoms with Crippen molar-refractivity contribution in [2.75, 3.05) is 28.4 Å². The lowest BCUT2D eigenvalue weighted by molar-refractivity contribution is -0.244. The molecule has 9 nitrogen and oxygen atoms in total. The highest BCUT2D eigenvalue weighted by Crippen LogP contribution is 2.58. The minimum absolute atomic E-state index is 0.795. The molecule has 10 heteroatoms. The van der Waals surface area contributed by atoms with Gasteiger partial charge in [-0.05, 0) is 6.92 Å². The predicted octanol–water partition coefficient (Wildman–Crippen LogP) is -0.742. The number of rotatable bonds is 6. The van der Waals surface area contributed by atoms with E-state index in [2.05, 4.69) is 9.47 Å².